The fourth-order valence-corrected chi connectivity index (χ4v) is 3.61. The first-order valence-electron chi connectivity index (χ1n) is 8.53. The van der Waals surface area contributed by atoms with Crippen LogP contribution >= 0.6 is 0 Å². The summed E-state index contributed by atoms with van der Waals surface area (Å²) in [5.74, 6) is 0.338. The summed E-state index contributed by atoms with van der Waals surface area (Å²) in [5.41, 5.74) is 3.14. The number of rotatable bonds is 7. The van der Waals surface area contributed by atoms with Gasteiger partial charge in [0.25, 0.3) is 0 Å². The molecule has 0 saturated heterocycles. The van der Waals surface area contributed by atoms with E-state index in [-0.39, 0.29) is 17.8 Å². The number of H-pyrrole nitrogens is 1. The van der Waals surface area contributed by atoms with Crippen molar-refractivity contribution in [1.82, 2.24) is 15.5 Å². The van der Waals surface area contributed by atoms with Crippen LogP contribution in [-0.4, -0.2) is 34.4 Å². The van der Waals surface area contributed by atoms with Gasteiger partial charge in [-0.25, -0.2) is 0 Å². The van der Waals surface area contributed by atoms with Gasteiger partial charge in [-0.1, -0.05) is 13.8 Å². The average Bonchev–Trinajstić information content (AvgIpc) is 3.05. The Hall–Kier alpha value is -2.34. The zero-order valence-electron chi connectivity index (χ0n) is 14.9. The molecular formula is C19H25N3O3. The lowest BCUT2D eigenvalue weighted by Crippen LogP contribution is -2.56. The molecule has 1 saturated carbocycles. The summed E-state index contributed by atoms with van der Waals surface area (Å²) < 4.78 is 5.20. The molecule has 1 heterocycles. The first kappa shape index (κ1) is 17.5. The van der Waals surface area contributed by atoms with Gasteiger partial charge in [0.05, 0.1) is 19.0 Å². The minimum atomic E-state index is -0.715. The number of ether oxygens (including phenoxy) is 1. The number of aliphatic carboxylic acids is 1. The highest BCUT2D eigenvalue weighted by atomic mass is 16.5. The molecule has 0 aliphatic heterocycles. The third-order valence-electron chi connectivity index (χ3n) is 5.53. The van der Waals surface area contributed by atoms with Gasteiger partial charge in [0.15, 0.2) is 0 Å². The van der Waals surface area contributed by atoms with Crippen molar-refractivity contribution in [2.24, 2.45) is 11.3 Å². The molecule has 1 aliphatic rings. The van der Waals surface area contributed by atoms with E-state index in [4.69, 9.17) is 9.84 Å². The molecule has 1 aromatic heterocycles. The van der Waals surface area contributed by atoms with E-state index in [1.807, 2.05) is 30.5 Å². The van der Waals surface area contributed by atoms with Gasteiger partial charge < -0.3 is 15.2 Å². The van der Waals surface area contributed by atoms with Crippen molar-refractivity contribution in [3.8, 4) is 17.0 Å². The van der Waals surface area contributed by atoms with Crippen molar-refractivity contribution in [2.45, 2.75) is 39.3 Å². The number of carboxylic acid groups (broad SMARTS) is 1. The molecule has 0 bridgehead atoms. The third-order valence-corrected chi connectivity index (χ3v) is 5.53. The van der Waals surface area contributed by atoms with Crippen LogP contribution in [0.4, 0.5) is 0 Å². The number of nitrogens with one attached hydrogen (secondary N) is 2. The van der Waals surface area contributed by atoms with Crippen molar-refractivity contribution in [3.05, 3.63) is 36.0 Å². The quantitative estimate of drug-likeness (QED) is 0.719. The smallest absolute Gasteiger partial charge is 0.303 e. The highest BCUT2D eigenvalue weighted by Gasteiger charge is 2.48. The van der Waals surface area contributed by atoms with Gasteiger partial charge in [-0.05, 0) is 42.0 Å². The van der Waals surface area contributed by atoms with E-state index in [0.29, 0.717) is 12.6 Å². The number of carbonyl (C=O) groups is 1. The number of methoxy groups -OCH3 is 1. The zero-order chi connectivity index (χ0) is 18.0. The van der Waals surface area contributed by atoms with Gasteiger partial charge in [-0.15, -0.1) is 0 Å². The van der Waals surface area contributed by atoms with Crippen LogP contribution in [0, 0.1) is 11.3 Å². The van der Waals surface area contributed by atoms with Crippen molar-refractivity contribution in [1.29, 1.82) is 0 Å². The highest BCUT2D eigenvalue weighted by Crippen LogP contribution is 2.48. The van der Waals surface area contributed by atoms with Gasteiger partial charge in [0.2, 0.25) is 0 Å². The van der Waals surface area contributed by atoms with Gasteiger partial charge in [0, 0.05) is 30.1 Å². The first-order chi connectivity index (χ1) is 11.9. The number of carboxylic acids is 1. The number of nitrogens with zero attached hydrogens (tertiary/aromatic N) is 1. The Morgan fingerprint density at radius 1 is 1.40 bits per heavy atom. The van der Waals surface area contributed by atoms with E-state index in [1.165, 1.54) is 0 Å². The maximum absolute atomic E-state index is 10.9. The fourth-order valence-electron chi connectivity index (χ4n) is 3.61. The summed E-state index contributed by atoms with van der Waals surface area (Å²) >= 11 is 0. The van der Waals surface area contributed by atoms with Crippen molar-refractivity contribution >= 4 is 5.97 Å². The number of benzene rings is 1. The molecule has 6 nitrogen and oxygen atoms in total. The Morgan fingerprint density at radius 3 is 2.72 bits per heavy atom. The molecule has 2 aromatic rings. The van der Waals surface area contributed by atoms with Crippen LogP contribution in [-0.2, 0) is 11.3 Å². The maximum atomic E-state index is 10.9. The molecule has 134 valence electrons. The van der Waals surface area contributed by atoms with E-state index < -0.39 is 5.97 Å². The topological polar surface area (TPSA) is 87.2 Å². The Kier molecular flexibility index (Phi) is 4.81. The Bertz CT molecular complexity index is 737. The molecule has 6 heteroatoms. The molecule has 25 heavy (non-hydrogen) atoms. The van der Waals surface area contributed by atoms with Crippen molar-refractivity contribution in [2.75, 3.05) is 7.11 Å². The molecule has 2 atom stereocenters. The Morgan fingerprint density at radius 2 is 2.12 bits per heavy atom. The third kappa shape index (κ3) is 3.54. The monoisotopic (exact) mass is 343 g/mol. The SMILES string of the molecule is COc1ccc(-c2[nH]ncc2CNC2CC(CC(=O)O)C2(C)C)cc1. The number of hydrogen-bond acceptors (Lipinski definition) is 4. The number of aromatic amines is 1. The van der Waals surface area contributed by atoms with Gasteiger partial charge >= 0.3 is 5.97 Å². The van der Waals surface area contributed by atoms with E-state index in [2.05, 4.69) is 29.4 Å². The molecule has 0 amide bonds. The lowest BCUT2D eigenvalue weighted by molar-refractivity contribution is -0.142. The number of hydrogen-bond donors (Lipinski definition) is 3. The second-order valence-electron chi connectivity index (χ2n) is 7.28. The van der Waals surface area contributed by atoms with Crippen LogP contribution in [0.1, 0.15) is 32.3 Å². The zero-order valence-corrected chi connectivity index (χ0v) is 14.9. The molecule has 3 N–H and O–H groups in total. The van der Waals surface area contributed by atoms with E-state index >= 15 is 0 Å². The van der Waals surface area contributed by atoms with Crippen LogP contribution in [0.3, 0.4) is 0 Å². The Balaban J connectivity index is 1.63. The van der Waals surface area contributed by atoms with Crippen LogP contribution in [0.15, 0.2) is 30.5 Å². The lowest BCUT2D eigenvalue weighted by Gasteiger charge is -2.52. The number of aromatic nitrogens is 2. The molecule has 1 aromatic carbocycles. The molecule has 2 unspecified atom stereocenters. The fraction of sp³-hybridized carbons (Fsp3) is 0.474. The lowest BCUT2D eigenvalue weighted by atomic mass is 9.57. The second-order valence-corrected chi connectivity index (χ2v) is 7.28. The van der Waals surface area contributed by atoms with Gasteiger partial charge in [-0.3, -0.25) is 9.89 Å². The maximum Gasteiger partial charge on any atom is 0.303 e. The van der Waals surface area contributed by atoms with E-state index in [0.717, 1.165) is 29.0 Å². The summed E-state index contributed by atoms with van der Waals surface area (Å²) in [5, 5.41) is 19.8. The standard InChI is InChI=1S/C19H25N3O3/c1-19(2)14(9-17(23)24)8-16(19)20-10-13-11-21-22-18(13)12-4-6-15(25-3)7-5-12/h4-7,11,14,16,20H,8-10H2,1-3H3,(H,21,22)(H,23,24). The predicted octanol–water partition coefficient (Wildman–Crippen LogP) is 3.06. The normalized spacial score (nSPS) is 21.6. The minimum Gasteiger partial charge on any atom is -0.497 e. The molecule has 0 radical (unpaired) electrons. The van der Waals surface area contributed by atoms with Crippen molar-refractivity contribution in [3.63, 3.8) is 0 Å². The predicted molar refractivity (Wildman–Crippen MR) is 95.3 cm³/mol. The Labute approximate surface area is 147 Å². The summed E-state index contributed by atoms with van der Waals surface area (Å²) in [6.45, 7) is 4.98. The van der Waals surface area contributed by atoms with Crippen LogP contribution in [0.2, 0.25) is 0 Å². The van der Waals surface area contributed by atoms with E-state index in [1.54, 1.807) is 7.11 Å². The molecule has 1 aliphatic carbocycles. The summed E-state index contributed by atoms with van der Waals surface area (Å²) in [6, 6.07) is 8.19. The second kappa shape index (κ2) is 6.88. The summed E-state index contributed by atoms with van der Waals surface area (Å²) in [6.07, 6.45) is 2.98. The summed E-state index contributed by atoms with van der Waals surface area (Å²) in [4.78, 5) is 10.9. The van der Waals surface area contributed by atoms with E-state index in [9.17, 15) is 4.79 Å². The molecular weight excluding hydrogens is 318 g/mol. The van der Waals surface area contributed by atoms with Crippen LogP contribution in [0.25, 0.3) is 11.3 Å². The molecule has 3 rings (SSSR count). The highest BCUT2D eigenvalue weighted by molar-refractivity contribution is 5.67. The minimum absolute atomic E-state index is 0.0115. The van der Waals surface area contributed by atoms with Crippen LogP contribution < -0.4 is 10.1 Å². The van der Waals surface area contributed by atoms with Gasteiger partial charge in [-0.2, -0.15) is 5.10 Å². The van der Waals surface area contributed by atoms with Crippen LogP contribution in [0.5, 0.6) is 5.75 Å². The largest absolute Gasteiger partial charge is 0.497 e. The first-order valence-corrected chi connectivity index (χ1v) is 8.53. The average molecular weight is 343 g/mol. The molecule has 1 fully saturated rings. The molecule has 0 spiro atoms. The summed E-state index contributed by atoms with van der Waals surface area (Å²) in [7, 11) is 1.65. The van der Waals surface area contributed by atoms with Gasteiger partial charge in [0.1, 0.15) is 5.75 Å². The van der Waals surface area contributed by atoms with Crippen molar-refractivity contribution < 1.29 is 14.6 Å².